The van der Waals surface area contributed by atoms with Gasteiger partial charge in [-0.25, -0.2) is 4.98 Å². The first kappa shape index (κ1) is 8.60. The lowest BCUT2D eigenvalue weighted by molar-refractivity contribution is 0.500. The summed E-state index contributed by atoms with van der Waals surface area (Å²) >= 11 is 0. The van der Waals surface area contributed by atoms with Gasteiger partial charge in [0.1, 0.15) is 6.07 Å². The number of anilines is 1. The van der Waals surface area contributed by atoms with Crippen LogP contribution in [0, 0.1) is 11.3 Å². The first-order valence-electron chi connectivity index (χ1n) is 3.93. The van der Waals surface area contributed by atoms with E-state index in [-0.39, 0.29) is 11.6 Å². The Morgan fingerprint density at radius 2 is 2.42 bits per heavy atom. The van der Waals surface area contributed by atoms with Crippen LogP contribution in [0.4, 0.5) is 5.88 Å². The highest BCUT2D eigenvalue weighted by molar-refractivity contribution is 5.40. The van der Waals surface area contributed by atoms with E-state index in [0.29, 0.717) is 5.89 Å². The van der Waals surface area contributed by atoms with E-state index >= 15 is 0 Å². The van der Waals surface area contributed by atoms with Gasteiger partial charge in [0.15, 0.2) is 5.89 Å². The summed E-state index contributed by atoms with van der Waals surface area (Å²) in [6.45, 7) is 2.08. The highest BCUT2D eigenvalue weighted by Gasteiger charge is 2.08. The van der Waals surface area contributed by atoms with Crippen LogP contribution >= 0.6 is 0 Å². The molecule has 0 aliphatic carbocycles. The summed E-state index contributed by atoms with van der Waals surface area (Å²) in [6.07, 6.45) is 2.83. The van der Waals surface area contributed by atoms with Gasteiger partial charge in [-0.15, -0.1) is 0 Å². The van der Waals surface area contributed by atoms with E-state index < -0.39 is 0 Å². The van der Waals surface area contributed by atoms with Crippen LogP contribution in [0.5, 0.6) is 0 Å². The maximum absolute atomic E-state index is 8.50. The molecule has 12 heavy (non-hydrogen) atoms. The third kappa shape index (κ3) is 1.76. The van der Waals surface area contributed by atoms with E-state index in [1.165, 1.54) is 0 Å². The van der Waals surface area contributed by atoms with Crippen molar-refractivity contribution in [3.05, 3.63) is 11.6 Å². The summed E-state index contributed by atoms with van der Waals surface area (Å²) in [5.74, 6) is 0.689. The fourth-order valence-electron chi connectivity index (χ4n) is 0.893. The average Bonchev–Trinajstić information content (AvgIpc) is 2.43. The van der Waals surface area contributed by atoms with E-state index in [1.54, 1.807) is 0 Å². The molecule has 0 unspecified atom stereocenters. The van der Waals surface area contributed by atoms with Gasteiger partial charge in [0, 0.05) is 6.42 Å². The van der Waals surface area contributed by atoms with Gasteiger partial charge >= 0.3 is 0 Å². The molecular weight excluding hydrogens is 154 g/mol. The number of aromatic nitrogens is 1. The lowest BCUT2D eigenvalue weighted by atomic mass is 10.2. The number of hydrogen-bond acceptors (Lipinski definition) is 4. The minimum atomic E-state index is 0.128. The molecule has 1 heterocycles. The number of nitrogens with zero attached hydrogens (tertiary/aromatic N) is 2. The maximum atomic E-state index is 8.50. The first-order valence-corrected chi connectivity index (χ1v) is 3.93. The molecule has 2 N–H and O–H groups in total. The van der Waals surface area contributed by atoms with Crippen molar-refractivity contribution in [1.82, 2.24) is 4.98 Å². The van der Waals surface area contributed by atoms with Gasteiger partial charge in [-0.2, -0.15) is 5.26 Å². The molecule has 1 aromatic heterocycles. The number of oxazole rings is 1. The minimum Gasteiger partial charge on any atom is -0.424 e. The van der Waals surface area contributed by atoms with Gasteiger partial charge in [0.25, 0.3) is 0 Å². The highest BCUT2D eigenvalue weighted by atomic mass is 16.4. The number of unbranched alkanes of at least 4 members (excludes halogenated alkanes) is 1. The lowest BCUT2D eigenvalue weighted by Gasteiger charge is -1.89. The zero-order chi connectivity index (χ0) is 8.97. The molecule has 0 bridgehead atoms. The number of hydrogen-bond donors (Lipinski definition) is 1. The zero-order valence-electron chi connectivity index (χ0n) is 7.00. The molecule has 0 amide bonds. The summed E-state index contributed by atoms with van der Waals surface area (Å²) < 4.78 is 5.05. The Labute approximate surface area is 71.0 Å². The SMILES string of the molecule is CCCCc1nc(C#N)c(N)o1. The molecular formula is C8H11N3O. The van der Waals surface area contributed by atoms with Gasteiger partial charge < -0.3 is 10.2 Å². The van der Waals surface area contributed by atoms with Gasteiger partial charge in [-0.3, -0.25) is 0 Å². The second kappa shape index (κ2) is 3.77. The fourth-order valence-corrected chi connectivity index (χ4v) is 0.893. The third-order valence-corrected chi connectivity index (χ3v) is 1.55. The van der Waals surface area contributed by atoms with Crippen molar-refractivity contribution in [3.8, 4) is 6.07 Å². The summed E-state index contributed by atoms with van der Waals surface area (Å²) in [7, 11) is 0. The molecule has 0 radical (unpaired) electrons. The standard InChI is InChI=1S/C8H11N3O/c1-2-3-4-7-11-6(5-9)8(10)12-7/h2-4,10H2,1H3. The van der Waals surface area contributed by atoms with Crippen molar-refractivity contribution >= 4 is 5.88 Å². The molecule has 0 aromatic carbocycles. The van der Waals surface area contributed by atoms with Crippen molar-refractivity contribution < 1.29 is 4.42 Å². The number of nitrogens with two attached hydrogens (primary N) is 1. The van der Waals surface area contributed by atoms with Crippen LogP contribution in [0.25, 0.3) is 0 Å². The maximum Gasteiger partial charge on any atom is 0.229 e. The van der Waals surface area contributed by atoms with Crippen LogP contribution < -0.4 is 5.73 Å². The van der Waals surface area contributed by atoms with Crippen LogP contribution in [0.3, 0.4) is 0 Å². The summed E-state index contributed by atoms with van der Waals surface area (Å²) in [5.41, 5.74) is 5.57. The van der Waals surface area contributed by atoms with Gasteiger partial charge in [0.05, 0.1) is 0 Å². The number of nitriles is 1. The molecule has 0 spiro atoms. The van der Waals surface area contributed by atoms with Crippen molar-refractivity contribution in [2.45, 2.75) is 26.2 Å². The van der Waals surface area contributed by atoms with Gasteiger partial charge in [-0.1, -0.05) is 13.3 Å². The van der Waals surface area contributed by atoms with Crippen LogP contribution in [-0.2, 0) is 6.42 Å². The van der Waals surface area contributed by atoms with Crippen molar-refractivity contribution in [2.24, 2.45) is 0 Å². The summed E-state index contributed by atoms with van der Waals surface area (Å²) in [5, 5.41) is 8.50. The van der Waals surface area contributed by atoms with E-state index in [1.807, 2.05) is 6.07 Å². The average molecular weight is 165 g/mol. The molecule has 0 aliphatic rings. The smallest absolute Gasteiger partial charge is 0.229 e. The second-order valence-corrected chi connectivity index (χ2v) is 2.54. The number of nitrogen functional groups attached to an aromatic ring is 1. The summed E-state index contributed by atoms with van der Waals surface area (Å²) in [6, 6.07) is 1.86. The molecule has 1 aromatic rings. The molecule has 0 aliphatic heterocycles. The minimum absolute atomic E-state index is 0.128. The summed E-state index contributed by atoms with van der Waals surface area (Å²) in [4.78, 5) is 3.91. The Bertz CT molecular complexity index is 298. The molecule has 64 valence electrons. The highest BCUT2D eigenvalue weighted by Crippen LogP contribution is 2.13. The lowest BCUT2D eigenvalue weighted by Crippen LogP contribution is -1.85. The molecule has 1 rings (SSSR count). The molecule has 0 fully saturated rings. The van der Waals surface area contributed by atoms with Gasteiger partial charge in [0.2, 0.25) is 11.6 Å². The fraction of sp³-hybridized carbons (Fsp3) is 0.500. The Morgan fingerprint density at radius 1 is 1.67 bits per heavy atom. The van der Waals surface area contributed by atoms with Crippen LogP contribution in [0.15, 0.2) is 4.42 Å². The van der Waals surface area contributed by atoms with Crippen molar-refractivity contribution in [1.29, 1.82) is 5.26 Å². The Morgan fingerprint density at radius 3 is 2.92 bits per heavy atom. The normalized spacial score (nSPS) is 9.67. The largest absolute Gasteiger partial charge is 0.424 e. The Hall–Kier alpha value is -1.50. The predicted molar refractivity (Wildman–Crippen MR) is 44.2 cm³/mol. The van der Waals surface area contributed by atoms with E-state index in [0.717, 1.165) is 19.3 Å². The topological polar surface area (TPSA) is 75.8 Å². The monoisotopic (exact) mass is 165 g/mol. The Kier molecular flexibility index (Phi) is 2.70. The van der Waals surface area contributed by atoms with E-state index in [4.69, 9.17) is 15.4 Å². The predicted octanol–water partition coefficient (Wildman–Crippen LogP) is 1.47. The number of rotatable bonds is 3. The first-order chi connectivity index (χ1) is 5.77. The van der Waals surface area contributed by atoms with Crippen LogP contribution in [-0.4, -0.2) is 4.98 Å². The second-order valence-electron chi connectivity index (χ2n) is 2.54. The molecule has 0 saturated heterocycles. The molecule has 0 atom stereocenters. The van der Waals surface area contributed by atoms with Crippen molar-refractivity contribution in [2.75, 3.05) is 5.73 Å². The molecule has 4 heteroatoms. The van der Waals surface area contributed by atoms with Crippen LogP contribution in [0.2, 0.25) is 0 Å². The van der Waals surface area contributed by atoms with Crippen LogP contribution in [0.1, 0.15) is 31.4 Å². The van der Waals surface area contributed by atoms with E-state index in [9.17, 15) is 0 Å². The van der Waals surface area contributed by atoms with Crippen molar-refractivity contribution in [3.63, 3.8) is 0 Å². The zero-order valence-corrected chi connectivity index (χ0v) is 7.00. The number of aryl methyl sites for hydroxylation is 1. The molecule has 0 saturated carbocycles. The van der Waals surface area contributed by atoms with Gasteiger partial charge in [-0.05, 0) is 6.42 Å². The van der Waals surface area contributed by atoms with E-state index in [2.05, 4.69) is 11.9 Å². The molecule has 4 nitrogen and oxygen atoms in total. The Balaban J connectivity index is 2.70. The third-order valence-electron chi connectivity index (χ3n) is 1.55. The quantitative estimate of drug-likeness (QED) is 0.735.